The zero-order valence-corrected chi connectivity index (χ0v) is 47.6. The van der Waals surface area contributed by atoms with Gasteiger partial charge >= 0.3 is 0 Å². The summed E-state index contributed by atoms with van der Waals surface area (Å²) in [7, 11) is 0. The summed E-state index contributed by atoms with van der Waals surface area (Å²) >= 11 is 0. The minimum absolute atomic E-state index is 0.0115. The molecule has 19 rings (SSSR count). The number of rotatable bonds is 8. The SMILES string of the molecule is [2H]c1c([2H])c([2H])c(-c2ccc3c(c2)N(c2cc(-c4ccccc4)cc(-c4ccccc4)c2)c2cc(-n4c5c([2H])c([2H])c([2H])c([2H])c5c5c([2H])c([2H])c([2H])c([2H])c54)cc4c2B3c2ccc(-n3c5c([2H])c([2H])c([2H])c([2H])c5c5c([2H])c([2H])c([2H])c([2H])c53)cc2N4c2cc(-n3c4c([2H])c([2H])c([2H])c([2H])c4c4c([2H])c([2H])c([2H])c([2H])c43)ccc2C#N)c([2H])c1[2H]. The van der Waals surface area contributed by atoms with Crippen LogP contribution in [0, 0.1) is 11.3 Å². The Morgan fingerprint density at radius 2 is 0.674 bits per heavy atom. The molecule has 6 nitrogen and oxygen atoms in total. The molecule has 0 saturated carbocycles. The maximum atomic E-state index is 12.1. The molecule has 3 aromatic heterocycles. The highest BCUT2D eigenvalue weighted by Gasteiger charge is 2.45. The normalized spacial score (nSPS) is 16.9. The van der Waals surface area contributed by atoms with E-state index in [2.05, 4.69) is 6.07 Å². The van der Waals surface area contributed by atoms with Crippen LogP contribution in [0.25, 0.3) is 116 Å². The average Bonchev–Trinajstić information content (AvgIpc) is 1.66. The number of nitriles is 1. The van der Waals surface area contributed by atoms with Crippen LogP contribution in [0.1, 0.15) is 45.3 Å². The van der Waals surface area contributed by atoms with E-state index in [9.17, 15) is 29.9 Å². The fraction of sp³-hybridized carbons (Fsp3) is 0. The first-order valence-corrected chi connectivity index (χ1v) is 29.1. The highest BCUT2D eigenvalue weighted by atomic mass is 15.2. The number of aromatic nitrogens is 3. The molecule has 0 fully saturated rings. The first-order valence-electron chi connectivity index (χ1n) is 43.6. The van der Waals surface area contributed by atoms with Crippen LogP contribution in [0.2, 0.25) is 0 Å². The van der Waals surface area contributed by atoms with Crippen molar-refractivity contribution in [3.63, 3.8) is 0 Å². The Morgan fingerprint density at radius 3 is 1.15 bits per heavy atom. The van der Waals surface area contributed by atoms with E-state index in [1.54, 1.807) is 47.4 Å². The van der Waals surface area contributed by atoms with E-state index in [4.69, 9.17) is 15.1 Å². The summed E-state index contributed by atoms with van der Waals surface area (Å²) < 4.78 is 275. The van der Waals surface area contributed by atoms with E-state index in [0.717, 1.165) is 11.1 Å². The monoisotopic (exact) mass is 1200 g/mol. The third kappa shape index (κ3) is 7.74. The van der Waals surface area contributed by atoms with Crippen LogP contribution in [0.5, 0.6) is 0 Å². The second kappa shape index (κ2) is 20.3. The average molecular weight is 1200 g/mol. The molecular weight excluding hydrogens is 1120 g/mol. The van der Waals surface area contributed by atoms with Crippen molar-refractivity contribution in [1.82, 2.24) is 13.7 Å². The van der Waals surface area contributed by atoms with Crippen molar-refractivity contribution >= 4 is 123 Å². The molecule has 0 spiro atoms. The van der Waals surface area contributed by atoms with Gasteiger partial charge in [0.25, 0.3) is 6.71 Å². The summed E-state index contributed by atoms with van der Waals surface area (Å²) in [5.74, 6) is 0. The molecule has 14 aromatic carbocycles. The van der Waals surface area contributed by atoms with Crippen molar-refractivity contribution in [2.75, 3.05) is 9.80 Å². The Labute approximate surface area is 572 Å². The van der Waals surface area contributed by atoms with Gasteiger partial charge in [-0.25, -0.2) is 0 Å². The first-order chi connectivity index (χ1) is 57.6. The van der Waals surface area contributed by atoms with Crippen LogP contribution >= 0.6 is 0 Å². The number of anilines is 6. The molecule has 17 aromatic rings. The Kier molecular flexibility index (Phi) is 6.79. The minimum Gasteiger partial charge on any atom is -0.311 e. The van der Waals surface area contributed by atoms with Crippen molar-refractivity contribution in [2.24, 2.45) is 0 Å². The number of hydrogen-bond acceptors (Lipinski definition) is 3. The predicted octanol–water partition coefficient (Wildman–Crippen LogP) is 19.9. The lowest BCUT2D eigenvalue weighted by atomic mass is 9.33. The zero-order valence-electron chi connectivity index (χ0n) is 76.6. The number of benzene rings is 14. The van der Waals surface area contributed by atoms with E-state index < -0.39 is 182 Å². The van der Waals surface area contributed by atoms with Crippen LogP contribution in [-0.2, 0) is 0 Å². The lowest BCUT2D eigenvalue weighted by molar-refractivity contribution is 1.14. The van der Waals surface area contributed by atoms with Crippen LogP contribution < -0.4 is 26.2 Å². The molecule has 426 valence electrons. The second-order valence-corrected chi connectivity index (χ2v) is 22.2. The van der Waals surface area contributed by atoms with Crippen molar-refractivity contribution in [3.8, 4) is 56.5 Å². The quantitative estimate of drug-likeness (QED) is 0.142. The summed E-state index contributed by atoms with van der Waals surface area (Å²) in [5.41, 5.74) is 1.76. The van der Waals surface area contributed by atoms with Gasteiger partial charge in [0.2, 0.25) is 0 Å². The molecule has 0 unspecified atom stereocenters. The summed E-state index contributed by atoms with van der Waals surface area (Å²) in [5, 5.41) is 10.2. The van der Waals surface area contributed by atoms with E-state index in [1.807, 2.05) is 83.8 Å². The fourth-order valence-corrected chi connectivity index (χ4v) is 13.6. The third-order valence-electron chi connectivity index (χ3n) is 17.4. The molecule has 7 heteroatoms. The van der Waals surface area contributed by atoms with Crippen molar-refractivity contribution in [2.45, 2.75) is 0 Å². The maximum absolute atomic E-state index is 12.1. The van der Waals surface area contributed by atoms with Crippen molar-refractivity contribution in [3.05, 3.63) is 326 Å². The molecule has 0 amide bonds. The van der Waals surface area contributed by atoms with Crippen LogP contribution in [0.3, 0.4) is 0 Å². The van der Waals surface area contributed by atoms with E-state index in [1.165, 1.54) is 38.0 Å². The summed E-state index contributed by atoms with van der Waals surface area (Å²) in [4.78, 5) is 3.41. The van der Waals surface area contributed by atoms with Crippen LogP contribution in [-0.4, -0.2) is 20.4 Å². The molecule has 0 bridgehead atoms. The highest BCUT2D eigenvalue weighted by molar-refractivity contribution is 7.00. The number of fused-ring (bicyclic) bond motifs is 13. The molecule has 0 saturated heterocycles. The third-order valence-corrected chi connectivity index (χ3v) is 17.4. The largest absolute Gasteiger partial charge is 0.311 e. The van der Waals surface area contributed by atoms with Gasteiger partial charge < -0.3 is 23.5 Å². The molecule has 0 atom stereocenters. The molecule has 2 aliphatic rings. The van der Waals surface area contributed by atoms with E-state index in [-0.39, 0.29) is 128 Å². The van der Waals surface area contributed by atoms with Crippen LogP contribution in [0.15, 0.2) is 321 Å². The van der Waals surface area contributed by atoms with Crippen LogP contribution in [0.4, 0.5) is 34.1 Å². The Bertz CT molecular complexity index is 7430. The van der Waals surface area contributed by atoms with Gasteiger partial charge in [-0.05, 0) is 153 Å². The predicted molar refractivity (Wildman–Crippen MR) is 385 cm³/mol. The summed E-state index contributed by atoms with van der Waals surface area (Å²) in [6.45, 7) is -1.19. The Balaban J connectivity index is 1.05. The highest BCUT2D eigenvalue weighted by Crippen LogP contribution is 2.50. The van der Waals surface area contributed by atoms with Gasteiger partial charge in [-0.2, -0.15) is 5.26 Å². The van der Waals surface area contributed by atoms with Crippen molar-refractivity contribution in [1.29, 1.82) is 5.26 Å². The molecule has 2 aliphatic heterocycles. The minimum atomic E-state index is -1.19. The number of hydrogen-bond donors (Lipinski definition) is 0. The van der Waals surface area contributed by atoms with Gasteiger partial charge in [-0.1, -0.05) is 218 Å². The first kappa shape index (κ1) is 30.7. The van der Waals surface area contributed by atoms with Gasteiger partial charge in [-0.15, -0.1) is 0 Å². The standard InChI is InChI=1S/C85H53BN6/c87-54-59-40-42-62(88-74-34-16-10-28-66(74)67-29-11-17-35-75(67)88)50-80(59)92-82-51-63(89-76-36-18-12-30-68(76)69-31-13-19-37-77(69)89)43-45-73(82)86-72-44-41-58(55-22-4-1-5-23-55)49-81(72)91(64-47-60(56-24-6-2-7-25-56)46-61(48-64)57-26-8-3-9-27-57)83-52-65(53-84(92)85(83)86)90-78-38-20-14-32-70(78)71-33-15-21-39-79(71)90/h1-53H/i1D,4D,5D,10D,11D,12D,13D,14D,15D,16D,17D,18D,19D,20D,21D,22D,23D,28D,29D,30D,31D,32D,33D,34D,35D,36D,37D,38D,39D. The van der Waals surface area contributed by atoms with E-state index in [0.29, 0.717) is 33.2 Å². The van der Waals surface area contributed by atoms with Gasteiger partial charge in [0.1, 0.15) is 6.07 Å². The molecule has 92 heavy (non-hydrogen) atoms. The topological polar surface area (TPSA) is 45.1 Å². The molecule has 0 N–H and O–H groups in total. The van der Waals surface area contributed by atoms with Gasteiger partial charge in [0, 0.05) is 72.1 Å². The Morgan fingerprint density at radius 1 is 0.283 bits per heavy atom. The number of para-hydroxylation sites is 6. The summed E-state index contributed by atoms with van der Waals surface area (Å²) in [6.07, 6.45) is 0. The van der Waals surface area contributed by atoms with Gasteiger partial charge in [0.05, 0.1) is 89.8 Å². The van der Waals surface area contributed by atoms with E-state index >= 15 is 0 Å². The maximum Gasteiger partial charge on any atom is 0.252 e. The zero-order chi connectivity index (χ0) is 85.8. The smallest absolute Gasteiger partial charge is 0.252 e. The van der Waals surface area contributed by atoms with Gasteiger partial charge in [0.15, 0.2) is 0 Å². The number of nitrogens with zero attached hydrogens (tertiary/aromatic N) is 6. The van der Waals surface area contributed by atoms with Gasteiger partial charge in [-0.3, -0.25) is 0 Å². The lowest BCUT2D eigenvalue weighted by Gasteiger charge is -2.45. The molecule has 5 heterocycles. The summed E-state index contributed by atoms with van der Waals surface area (Å²) in [6, 6.07) is 23.5. The molecule has 0 radical (unpaired) electrons. The molecular formula is C85H53BN6. The second-order valence-electron chi connectivity index (χ2n) is 22.2. The Hall–Kier alpha value is -12.4. The lowest BCUT2D eigenvalue weighted by Crippen LogP contribution is -2.61. The molecule has 0 aliphatic carbocycles. The van der Waals surface area contributed by atoms with Crippen molar-refractivity contribution < 1.29 is 39.8 Å². The fourth-order valence-electron chi connectivity index (χ4n) is 13.6.